The number of amides is 1. The molecular weight excluding hydrogens is 300 g/mol. The molecule has 0 aliphatic carbocycles. The van der Waals surface area contributed by atoms with E-state index in [0.717, 1.165) is 13.1 Å². The van der Waals surface area contributed by atoms with Gasteiger partial charge in [-0.25, -0.2) is 4.39 Å². The highest BCUT2D eigenvalue weighted by Crippen LogP contribution is 2.30. The minimum atomic E-state index is -4.60. The van der Waals surface area contributed by atoms with E-state index in [1.165, 1.54) is 0 Å². The smallest absolute Gasteiger partial charge is 0.352 e. The summed E-state index contributed by atoms with van der Waals surface area (Å²) in [6.07, 6.45) is -4.60. The van der Waals surface area contributed by atoms with Gasteiger partial charge in [0.25, 0.3) is 5.91 Å². The number of halogens is 5. The first-order valence-electron chi connectivity index (χ1n) is 5.73. The fraction of sp³-hybridized carbons (Fsp3) is 0.417. The van der Waals surface area contributed by atoms with E-state index in [2.05, 4.69) is 10.6 Å². The number of hydrogen-bond acceptors (Lipinski definition) is 2. The Bertz CT molecular complexity index is 489. The topological polar surface area (TPSA) is 41.1 Å². The maximum Gasteiger partial charge on any atom is 0.416 e. The van der Waals surface area contributed by atoms with Gasteiger partial charge < -0.3 is 10.6 Å². The SMILES string of the molecule is Cl.O=C(NCC1CNC1)c1cc(C(F)(F)F)ccc1F. The van der Waals surface area contributed by atoms with Crippen molar-refractivity contribution in [2.24, 2.45) is 5.92 Å². The Kier molecular flexibility index (Phi) is 5.35. The zero-order valence-corrected chi connectivity index (χ0v) is 11.1. The van der Waals surface area contributed by atoms with E-state index in [1.807, 2.05) is 0 Å². The number of carbonyl (C=O) groups is 1. The van der Waals surface area contributed by atoms with Crippen molar-refractivity contribution in [1.29, 1.82) is 0 Å². The van der Waals surface area contributed by atoms with Crippen molar-refractivity contribution in [3.05, 3.63) is 35.1 Å². The van der Waals surface area contributed by atoms with Gasteiger partial charge >= 0.3 is 6.18 Å². The summed E-state index contributed by atoms with van der Waals surface area (Å²) in [6, 6.07) is 1.80. The highest BCUT2D eigenvalue weighted by molar-refractivity contribution is 5.94. The van der Waals surface area contributed by atoms with E-state index in [4.69, 9.17) is 0 Å². The summed E-state index contributed by atoms with van der Waals surface area (Å²) in [5, 5.41) is 5.43. The summed E-state index contributed by atoms with van der Waals surface area (Å²) in [5.41, 5.74) is -1.62. The molecule has 0 bridgehead atoms. The Morgan fingerprint density at radius 2 is 2.00 bits per heavy atom. The lowest BCUT2D eigenvalue weighted by Gasteiger charge is -2.27. The molecule has 112 valence electrons. The first kappa shape index (κ1) is 16.7. The normalized spacial score (nSPS) is 15.2. The third-order valence-corrected chi connectivity index (χ3v) is 2.96. The highest BCUT2D eigenvalue weighted by Gasteiger charge is 2.32. The molecule has 3 nitrogen and oxygen atoms in total. The van der Waals surface area contributed by atoms with E-state index in [1.54, 1.807) is 0 Å². The summed E-state index contributed by atoms with van der Waals surface area (Å²) >= 11 is 0. The van der Waals surface area contributed by atoms with Crippen molar-refractivity contribution in [3.8, 4) is 0 Å². The summed E-state index contributed by atoms with van der Waals surface area (Å²) in [4.78, 5) is 11.7. The molecule has 1 saturated heterocycles. The zero-order valence-electron chi connectivity index (χ0n) is 10.3. The second kappa shape index (κ2) is 6.41. The van der Waals surface area contributed by atoms with Crippen molar-refractivity contribution in [2.75, 3.05) is 19.6 Å². The average Bonchev–Trinajstić information content (AvgIpc) is 2.25. The molecule has 1 aliphatic rings. The molecule has 0 radical (unpaired) electrons. The molecule has 2 N–H and O–H groups in total. The van der Waals surface area contributed by atoms with Gasteiger partial charge in [-0.15, -0.1) is 12.4 Å². The van der Waals surface area contributed by atoms with Gasteiger partial charge in [-0.2, -0.15) is 13.2 Å². The molecule has 1 amide bonds. The first-order chi connectivity index (χ1) is 8.88. The minimum Gasteiger partial charge on any atom is -0.352 e. The monoisotopic (exact) mass is 312 g/mol. The van der Waals surface area contributed by atoms with Gasteiger partial charge in [0, 0.05) is 25.6 Å². The molecule has 0 saturated carbocycles. The first-order valence-corrected chi connectivity index (χ1v) is 5.73. The van der Waals surface area contributed by atoms with Crippen LogP contribution in [0.2, 0.25) is 0 Å². The van der Waals surface area contributed by atoms with Crippen LogP contribution in [0.25, 0.3) is 0 Å². The van der Waals surface area contributed by atoms with Crippen molar-refractivity contribution >= 4 is 18.3 Å². The zero-order chi connectivity index (χ0) is 14.0. The number of rotatable bonds is 3. The van der Waals surface area contributed by atoms with E-state index in [0.29, 0.717) is 24.7 Å². The van der Waals surface area contributed by atoms with Crippen LogP contribution in [0.15, 0.2) is 18.2 Å². The van der Waals surface area contributed by atoms with Crippen LogP contribution in [0.1, 0.15) is 15.9 Å². The van der Waals surface area contributed by atoms with Crippen molar-refractivity contribution in [2.45, 2.75) is 6.18 Å². The van der Waals surface area contributed by atoms with E-state index in [9.17, 15) is 22.4 Å². The van der Waals surface area contributed by atoms with Crippen LogP contribution in [-0.2, 0) is 6.18 Å². The number of benzene rings is 1. The Morgan fingerprint density at radius 1 is 1.35 bits per heavy atom. The lowest BCUT2D eigenvalue weighted by Crippen LogP contribution is -2.48. The Morgan fingerprint density at radius 3 is 2.50 bits per heavy atom. The molecule has 20 heavy (non-hydrogen) atoms. The number of nitrogens with one attached hydrogen (secondary N) is 2. The lowest BCUT2D eigenvalue weighted by atomic mass is 10.0. The molecule has 1 aliphatic heterocycles. The molecule has 1 aromatic rings. The maximum atomic E-state index is 13.4. The van der Waals surface area contributed by atoms with Gasteiger partial charge in [0.15, 0.2) is 0 Å². The standard InChI is InChI=1S/C12H12F4N2O.ClH/c13-10-2-1-8(12(14,15)16)3-9(10)11(19)18-6-7-4-17-5-7;/h1-3,7,17H,4-6H2,(H,18,19);1H. The number of alkyl halides is 3. The number of hydrogen-bond donors (Lipinski definition) is 2. The highest BCUT2D eigenvalue weighted by atomic mass is 35.5. The largest absolute Gasteiger partial charge is 0.416 e. The van der Waals surface area contributed by atoms with Crippen LogP contribution in [0.5, 0.6) is 0 Å². The summed E-state index contributed by atoms with van der Waals surface area (Å²) in [5.74, 6) is -1.54. The molecule has 2 rings (SSSR count). The van der Waals surface area contributed by atoms with E-state index >= 15 is 0 Å². The fourth-order valence-electron chi connectivity index (χ4n) is 1.70. The number of carbonyl (C=O) groups excluding carboxylic acids is 1. The third-order valence-electron chi connectivity index (χ3n) is 2.96. The van der Waals surface area contributed by atoms with Gasteiger partial charge in [-0.3, -0.25) is 4.79 Å². The predicted octanol–water partition coefficient (Wildman–Crippen LogP) is 2.22. The maximum absolute atomic E-state index is 13.4. The molecule has 1 heterocycles. The van der Waals surface area contributed by atoms with Crippen LogP contribution in [0.4, 0.5) is 17.6 Å². The van der Waals surface area contributed by atoms with Crippen molar-refractivity contribution in [1.82, 2.24) is 10.6 Å². The predicted molar refractivity (Wildman–Crippen MR) is 67.3 cm³/mol. The van der Waals surface area contributed by atoms with Crippen LogP contribution in [-0.4, -0.2) is 25.5 Å². The Balaban J connectivity index is 0.00000200. The second-order valence-electron chi connectivity index (χ2n) is 4.43. The van der Waals surface area contributed by atoms with Gasteiger partial charge in [0.1, 0.15) is 5.82 Å². The average molecular weight is 313 g/mol. The molecule has 0 unspecified atom stereocenters. The van der Waals surface area contributed by atoms with Gasteiger partial charge in [0.2, 0.25) is 0 Å². The quantitative estimate of drug-likeness (QED) is 0.840. The van der Waals surface area contributed by atoms with E-state index in [-0.39, 0.29) is 18.3 Å². The van der Waals surface area contributed by atoms with Gasteiger partial charge in [0.05, 0.1) is 11.1 Å². The van der Waals surface area contributed by atoms with Gasteiger partial charge in [-0.05, 0) is 18.2 Å². The van der Waals surface area contributed by atoms with Crippen molar-refractivity contribution in [3.63, 3.8) is 0 Å². The fourth-order valence-corrected chi connectivity index (χ4v) is 1.70. The molecule has 1 aromatic carbocycles. The van der Waals surface area contributed by atoms with Crippen LogP contribution in [0.3, 0.4) is 0 Å². The molecule has 0 atom stereocenters. The minimum absolute atomic E-state index is 0. The molecule has 0 aromatic heterocycles. The summed E-state index contributed by atoms with van der Waals surface area (Å²) < 4.78 is 50.8. The molecular formula is C12H13ClF4N2O. The van der Waals surface area contributed by atoms with Crippen molar-refractivity contribution < 1.29 is 22.4 Å². The summed E-state index contributed by atoms with van der Waals surface area (Å²) in [7, 11) is 0. The molecule has 8 heteroatoms. The Hall–Kier alpha value is -1.34. The van der Waals surface area contributed by atoms with Crippen LogP contribution < -0.4 is 10.6 Å². The molecule has 0 spiro atoms. The summed E-state index contributed by atoms with van der Waals surface area (Å²) in [6.45, 7) is 1.80. The van der Waals surface area contributed by atoms with Gasteiger partial charge in [-0.1, -0.05) is 0 Å². The lowest BCUT2D eigenvalue weighted by molar-refractivity contribution is -0.137. The Labute approximate surface area is 119 Å². The van der Waals surface area contributed by atoms with Crippen LogP contribution in [0, 0.1) is 11.7 Å². The second-order valence-corrected chi connectivity index (χ2v) is 4.43. The van der Waals surface area contributed by atoms with Crippen LogP contribution >= 0.6 is 12.4 Å². The van der Waals surface area contributed by atoms with E-state index < -0.39 is 29.0 Å². The third kappa shape index (κ3) is 3.83. The molecule has 1 fully saturated rings.